The maximum absolute atomic E-state index is 9.95. The highest BCUT2D eigenvalue weighted by Gasteiger charge is 2.28. The second-order valence-electron chi connectivity index (χ2n) is 7.43. The lowest BCUT2D eigenvalue weighted by molar-refractivity contribution is 0.275. The first-order valence-electron chi connectivity index (χ1n) is 9.42. The fraction of sp³-hybridized carbons (Fsp3) is 0.238. The molecule has 2 aliphatic rings. The average Bonchev–Trinajstić information content (AvgIpc) is 3.46. The van der Waals surface area contributed by atoms with Crippen molar-refractivity contribution < 1.29 is 9.68 Å². The van der Waals surface area contributed by atoms with Gasteiger partial charge in [0.25, 0.3) is 0 Å². The van der Waals surface area contributed by atoms with Gasteiger partial charge in [-0.3, -0.25) is 0 Å². The Bertz CT molecular complexity index is 1050. The quantitative estimate of drug-likeness (QED) is 0.659. The van der Waals surface area contributed by atoms with Gasteiger partial charge in [-0.05, 0) is 66.2 Å². The van der Waals surface area contributed by atoms with Gasteiger partial charge in [-0.15, -0.1) is 0 Å². The van der Waals surface area contributed by atoms with Crippen LogP contribution in [0.25, 0.3) is 11.1 Å². The monoisotopic (exact) mass is 391 g/mol. The lowest BCUT2D eigenvalue weighted by Crippen LogP contribution is -2.28. The molecule has 0 radical (unpaired) electrons. The lowest BCUT2D eigenvalue weighted by atomic mass is 9.78. The number of nitrogens with zero attached hydrogens (tertiary/aromatic N) is 2. The summed E-state index contributed by atoms with van der Waals surface area (Å²) in [4.78, 5) is 9.14. The summed E-state index contributed by atoms with van der Waals surface area (Å²) in [6, 6.07) is 13.8. The Hall–Kier alpha value is -2.41. The van der Waals surface area contributed by atoms with Gasteiger partial charge in [0.1, 0.15) is 0 Å². The second-order valence-corrected chi connectivity index (χ2v) is 7.84. The predicted molar refractivity (Wildman–Crippen MR) is 111 cm³/mol. The summed E-state index contributed by atoms with van der Waals surface area (Å²) in [7, 11) is -0.883. The Morgan fingerprint density at radius 1 is 1.14 bits per heavy atom. The summed E-state index contributed by atoms with van der Waals surface area (Å²) in [5.41, 5.74) is 6.57. The topological polar surface area (TPSA) is 67.3 Å². The fourth-order valence-electron chi connectivity index (χ4n) is 3.57. The third-order valence-electron chi connectivity index (χ3n) is 5.21. The zero-order chi connectivity index (χ0) is 19.3. The third kappa shape index (κ3) is 3.39. The van der Waals surface area contributed by atoms with Crippen molar-refractivity contribution in [3.63, 3.8) is 0 Å². The van der Waals surface area contributed by atoms with Crippen molar-refractivity contribution in [3.05, 3.63) is 64.4 Å². The lowest BCUT2D eigenvalue weighted by Gasteiger charge is -2.11. The van der Waals surface area contributed by atoms with Crippen molar-refractivity contribution in [1.82, 2.24) is 9.97 Å². The molecule has 2 heterocycles. The van der Waals surface area contributed by atoms with Gasteiger partial charge in [-0.25, -0.2) is 9.97 Å². The Kier molecular flexibility index (Phi) is 4.35. The van der Waals surface area contributed by atoms with E-state index in [0.717, 1.165) is 39.2 Å². The van der Waals surface area contributed by atoms with Crippen molar-refractivity contribution in [1.29, 1.82) is 0 Å². The number of hydrogen-bond donors (Lipinski definition) is 2. The third-order valence-corrected chi connectivity index (χ3v) is 5.53. The van der Waals surface area contributed by atoms with Gasteiger partial charge in [0, 0.05) is 28.0 Å². The maximum Gasteiger partial charge on any atom is 0.491 e. The van der Waals surface area contributed by atoms with E-state index in [0.29, 0.717) is 23.5 Å². The largest absolute Gasteiger partial charge is 0.491 e. The summed E-state index contributed by atoms with van der Waals surface area (Å²) < 4.78 is 5.27. The summed E-state index contributed by atoms with van der Waals surface area (Å²) >= 11 is 6.46. The molecule has 2 N–H and O–H groups in total. The molecule has 0 saturated heterocycles. The molecular formula is C21H19BClN3O2. The van der Waals surface area contributed by atoms with Gasteiger partial charge in [0.05, 0.1) is 6.61 Å². The zero-order valence-electron chi connectivity index (χ0n) is 15.4. The fourth-order valence-corrected chi connectivity index (χ4v) is 3.86. The van der Waals surface area contributed by atoms with Crippen molar-refractivity contribution in [3.8, 4) is 11.1 Å². The molecule has 0 atom stereocenters. The summed E-state index contributed by atoms with van der Waals surface area (Å²) in [6.45, 7) is 2.38. The predicted octanol–water partition coefficient (Wildman–Crippen LogP) is 3.94. The molecule has 140 valence electrons. The standard InChI is InChI=1S/C21H19BClN3O2/c1-12-8-20(14-2-3-14)26-21(24-12)25-16-6-4-13(5-7-16)17-10-18-15(9-19(17)23)11-28-22(18)27/h4-10,14,27H,2-3,11H2,1H3,(H,24,25,26). The highest BCUT2D eigenvalue weighted by molar-refractivity contribution is 6.61. The van der Waals surface area contributed by atoms with Crippen LogP contribution in [0.4, 0.5) is 11.6 Å². The summed E-state index contributed by atoms with van der Waals surface area (Å²) in [6.07, 6.45) is 2.43. The number of benzene rings is 2. The van der Waals surface area contributed by atoms with Crippen molar-refractivity contribution in [2.45, 2.75) is 32.3 Å². The van der Waals surface area contributed by atoms with Crippen LogP contribution >= 0.6 is 11.6 Å². The number of aryl methyl sites for hydroxylation is 1. The maximum atomic E-state index is 9.95. The number of hydrogen-bond acceptors (Lipinski definition) is 5. The van der Waals surface area contributed by atoms with Crippen LogP contribution in [0.15, 0.2) is 42.5 Å². The molecular weight excluding hydrogens is 373 g/mol. The molecule has 0 amide bonds. The molecule has 0 bridgehead atoms. The van der Waals surface area contributed by atoms with Crippen LogP contribution < -0.4 is 10.8 Å². The Morgan fingerprint density at radius 3 is 2.68 bits per heavy atom. The minimum Gasteiger partial charge on any atom is -0.423 e. The molecule has 1 fully saturated rings. The van der Waals surface area contributed by atoms with Crippen LogP contribution in [-0.2, 0) is 11.3 Å². The van der Waals surface area contributed by atoms with Crippen LogP contribution in [-0.4, -0.2) is 22.1 Å². The van der Waals surface area contributed by atoms with E-state index >= 15 is 0 Å². The number of fused-ring (bicyclic) bond motifs is 1. The van der Waals surface area contributed by atoms with Crippen LogP contribution in [0.3, 0.4) is 0 Å². The average molecular weight is 392 g/mol. The highest BCUT2D eigenvalue weighted by atomic mass is 35.5. The summed E-state index contributed by atoms with van der Waals surface area (Å²) in [5, 5.41) is 13.9. The van der Waals surface area contributed by atoms with Crippen LogP contribution in [0.1, 0.15) is 35.7 Å². The number of nitrogens with one attached hydrogen (secondary N) is 1. The van der Waals surface area contributed by atoms with Crippen molar-refractivity contribution in [2.24, 2.45) is 0 Å². The minimum absolute atomic E-state index is 0.388. The van der Waals surface area contributed by atoms with E-state index in [4.69, 9.17) is 16.3 Å². The Balaban J connectivity index is 1.40. The molecule has 1 aromatic heterocycles. The smallest absolute Gasteiger partial charge is 0.423 e. The molecule has 2 aromatic carbocycles. The molecule has 7 heteroatoms. The molecule has 5 nitrogen and oxygen atoms in total. The molecule has 1 saturated carbocycles. The molecule has 3 aromatic rings. The van der Waals surface area contributed by atoms with E-state index in [1.807, 2.05) is 43.3 Å². The first kappa shape index (κ1) is 17.7. The van der Waals surface area contributed by atoms with Crippen LogP contribution in [0.2, 0.25) is 5.02 Å². The van der Waals surface area contributed by atoms with Gasteiger partial charge in [0.15, 0.2) is 0 Å². The summed E-state index contributed by atoms with van der Waals surface area (Å²) in [5.74, 6) is 1.22. The normalized spacial score (nSPS) is 15.6. The van der Waals surface area contributed by atoms with Crippen molar-refractivity contribution in [2.75, 3.05) is 5.32 Å². The van der Waals surface area contributed by atoms with E-state index in [9.17, 15) is 5.02 Å². The van der Waals surface area contributed by atoms with Gasteiger partial charge in [0.2, 0.25) is 5.95 Å². The highest BCUT2D eigenvalue weighted by Crippen LogP contribution is 2.39. The molecule has 1 aliphatic heterocycles. The van der Waals surface area contributed by atoms with Gasteiger partial charge in [-0.2, -0.15) is 0 Å². The molecule has 0 unspecified atom stereocenters. The van der Waals surface area contributed by atoms with Gasteiger partial charge < -0.3 is 15.0 Å². The number of halogens is 1. The van der Waals surface area contributed by atoms with E-state index in [1.165, 1.54) is 12.8 Å². The van der Waals surface area contributed by atoms with Crippen LogP contribution in [0.5, 0.6) is 0 Å². The van der Waals surface area contributed by atoms with Gasteiger partial charge >= 0.3 is 7.12 Å². The molecule has 1 aliphatic carbocycles. The second kappa shape index (κ2) is 6.89. The van der Waals surface area contributed by atoms with Crippen molar-refractivity contribution >= 4 is 35.8 Å². The van der Waals surface area contributed by atoms with E-state index in [-0.39, 0.29) is 0 Å². The SMILES string of the molecule is Cc1cc(C2CC2)nc(Nc2ccc(-c3cc4c(cc3Cl)COB4O)cc2)n1. The molecule has 0 spiro atoms. The molecule has 5 rings (SSSR count). The molecule has 28 heavy (non-hydrogen) atoms. The first-order valence-corrected chi connectivity index (χ1v) is 9.79. The van der Waals surface area contributed by atoms with E-state index < -0.39 is 7.12 Å². The first-order chi connectivity index (χ1) is 13.6. The number of aromatic nitrogens is 2. The Morgan fingerprint density at radius 2 is 1.93 bits per heavy atom. The number of rotatable bonds is 4. The van der Waals surface area contributed by atoms with Gasteiger partial charge in [-0.1, -0.05) is 29.8 Å². The Labute approximate surface area is 168 Å². The van der Waals surface area contributed by atoms with E-state index in [1.54, 1.807) is 0 Å². The minimum atomic E-state index is -0.883. The van der Waals surface area contributed by atoms with Crippen LogP contribution in [0, 0.1) is 6.92 Å². The van der Waals surface area contributed by atoms with E-state index in [2.05, 4.69) is 21.4 Å². The number of anilines is 2. The zero-order valence-corrected chi connectivity index (χ0v) is 16.2.